The SMILES string of the molecule is COC(=O)NC1Cc2ccccc2N(C(=O)CC(C)(C)C[C@H](N)[C@@H](O)CNC(=O)C(C)(C)C)C1. The van der Waals surface area contributed by atoms with Gasteiger partial charge < -0.3 is 31.1 Å². The molecule has 9 heteroatoms. The summed E-state index contributed by atoms with van der Waals surface area (Å²) in [6.07, 6.45) is -0.248. The van der Waals surface area contributed by atoms with Gasteiger partial charge in [0.25, 0.3) is 0 Å². The van der Waals surface area contributed by atoms with Gasteiger partial charge in [0, 0.05) is 36.7 Å². The highest BCUT2D eigenvalue weighted by molar-refractivity contribution is 5.95. The lowest BCUT2D eigenvalue weighted by molar-refractivity contribution is -0.129. The molecule has 0 aromatic heterocycles. The van der Waals surface area contributed by atoms with Gasteiger partial charge in [-0.25, -0.2) is 4.79 Å². The van der Waals surface area contributed by atoms with Crippen molar-refractivity contribution in [3.05, 3.63) is 29.8 Å². The van der Waals surface area contributed by atoms with Crippen LogP contribution in [0.5, 0.6) is 0 Å². The van der Waals surface area contributed by atoms with Crippen LogP contribution in [0.1, 0.15) is 53.0 Å². The lowest BCUT2D eigenvalue weighted by Crippen LogP contribution is -2.51. The number of nitrogens with one attached hydrogen (secondary N) is 2. The number of rotatable bonds is 8. The zero-order valence-corrected chi connectivity index (χ0v) is 21.2. The number of hydrogen-bond donors (Lipinski definition) is 4. The molecule has 0 bridgehead atoms. The van der Waals surface area contributed by atoms with E-state index in [2.05, 4.69) is 10.6 Å². The fourth-order valence-corrected chi connectivity index (χ4v) is 4.12. The molecule has 2 rings (SSSR count). The quantitative estimate of drug-likeness (QED) is 0.453. The van der Waals surface area contributed by atoms with Crippen molar-refractivity contribution in [3.63, 3.8) is 0 Å². The van der Waals surface area contributed by atoms with E-state index in [4.69, 9.17) is 10.5 Å². The van der Waals surface area contributed by atoms with Gasteiger partial charge in [0.05, 0.1) is 19.3 Å². The number of alkyl carbamates (subject to hydrolysis) is 1. The topological polar surface area (TPSA) is 134 Å². The molecule has 0 saturated carbocycles. The van der Waals surface area contributed by atoms with Gasteiger partial charge in [-0.1, -0.05) is 52.8 Å². The van der Waals surface area contributed by atoms with Gasteiger partial charge in [-0.15, -0.1) is 0 Å². The standard InChI is InChI=1S/C25H40N4O5/c1-24(2,3)22(32)27-14-20(30)18(26)12-25(4,5)13-21(31)29-15-17(28-23(33)34-6)11-16-9-7-8-10-19(16)29/h7-10,17-18,20,30H,11-15,26H2,1-6H3,(H,27,32)(H,28,33)/t17?,18-,20-/m0/s1. The summed E-state index contributed by atoms with van der Waals surface area (Å²) < 4.78 is 4.72. The molecule has 9 nitrogen and oxygen atoms in total. The zero-order chi connectivity index (χ0) is 25.7. The molecule has 34 heavy (non-hydrogen) atoms. The third-order valence-corrected chi connectivity index (χ3v) is 6.03. The van der Waals surface area contributed by atoms with Crippen LogP contribution >= 0.6 is 0 Å². The van der Waals surface area contributed by atoms with Crippen molar-refractivity contribution < 1.29 is 24.2 Å². The molecule has 0 saturated heterocycles. The number of anilines is 1. The molecule has 0 spiro atoms. The number of methoxy groups -OCH3 is 1. The summed E-state index contributed by atoms with van der Waals surface area (Å²) in [4.78, 5) is 38.9. The van der Waals surface area contributed by atoms with Crippen LogP contribution in [0.4, 0.5) is 10.5 Å². The number of carbonyl (C=O) groups excluding carboxylic acids is 3. The van der Waals surface area contributed by atoms with E-state index in [1.807, 2.05) is 38.1 Å². The van der Waals surface area contributed by atoms with Gasteiger partial charge in [0.15, 0.2) is 0 Å². The van der Waals surface area contributed by atoms with E-state index in [0.29, 0.717) is 19.4 Å². The minimum Gasteiger partial charge on any atom is -0.453 e. The van der Waals surface area contributed by atoms with E-state index < -0.39 is 29.1 Å². The van der Waals surface area contributed by atoms with Crippen molar-refractivity contribution in [2.75, 3.05) is 25.1 Å². The maximum Gasteiger partial charge on any atom is 0.407 e. The summed E-state index contributed by atoms with van der Waals surface area (Å²) in [5.74, 6) is -0.247. The fourth-order valence-electron chi connectivity index (χ4n) is 4.12. The lowest BCUT2D eigenvalue weighted by Gasteiger charge is -2.37. The van der Waals surface area contributed by atoms with Crippen LogP contribution in [-0.4, -0.2) is 61.4 Å². The number of fused-ring (bicyclic) bond motifs is 1. The zero-order valence-electron chi connectivity index (χ0n) is 21.2. The highest BCUT2D eigenvalue weighted by Crippen LogP contribution is 2.32. The Balaban J connectivity index is 2.03. The van der Waals surface area contributed by atoms with Gasteiger partial charge in [0.1, 0.15) is 0 Å². The molecule has 1 aromatic carbocycles. The van der Waals surface area contributed by atoms with E-state index in [1.165, 1.54) is 7.11 Å². The van der Waals surface area contributed by atoms with Gasteiger partial charge >= 0.3 is 6.09 Å². The van der Waals surface area contributed by atoms with Crippen LogP contribution in [0.2, 0.25) is 0 Å². The Kier molecular flexibility index (Phi) is 9.08. The maximum atomic E-state index is 13.4. The highest BCUT2D eigenvalue weighted by Gasteiger charge is 2.34. The van der Waals surface area contributed by atoms with Gasteiger partial charge in [-0.05, 0) is 29.9 Å². The molecule has 5 N–H and O–H groups in total. The predicted molar refractivity (Wildman–Crippen MR) is 131 cm³/mol. The Bertz CT molecular complexity index is 880. The van der Waals surface area contributed by atoms with Gasteiger partial charge in [0.2, 0.25) is 11.8 Å². The average Bonchev–Trinajstić information content (AvgIpc) is 2.74. The number of hydrogen-bond acceptors (Lipinski definition) is 6. The van der Waals surface area contributed by atoms with Crippen molar-refractivity contribution in [1.82, 2.24) is 10.6 Å². The van der Waals surface area contributed by atoms with Crippen LogP contribution in [0.3, 0.4) is 0 Å². The first kappa shape index (κ1) is 27.6. The fraction of sp³-hybridized carbons (Fsp3) is 0.640. The van der Waals surface area contributed by atoms with Crippen LogP contribution in [0, 0.1) is 10.8 Å². The first-order chi connectivity index (χ1) is 15.7. The van der Waals surface area contributed by atoms with E-state index in [9.17, 15) is 19.5 Å². The molecular formula is C25H40N4O5. The number of nitrogens with zero attached hydrogens (tertiary/aromatic N) is 1. The molecule has 190 valence electrons. The third-order valence-electron chi connectivity index (χ3n) is 6.03. The maximum absolute atomic E-state index is 13.4. The molecule has 1 aliphatic rings. The van der Waals surface area contributed by atoms with Crippen molar-refractivity contribution in [2.45, 2.75) is 72.1 Å². The normalized spacial score (nSPS) is 17.9. The number of para-hydroxylation sites is 1. The predicted octanol–water partition coefficient (Wildman–Crippen LogP) is 1.96. The average molecular weight is 477 g/mol. The number of carbonyl (C=O) groups is 3. The first-order valence-electron chi connectivity index (χ1n) is 11.7. The minimum absolute atomic E-state index is 0.0572. The molecule has 0 radical (unpaired) electrons. The van der Waals surface area contributed by atoms with E-state index in [-0.39, 0.29) is 30.8 Å². The lowest BCUT2D eigenvalue weighted by atomic mass is 9.80. The van der Waals surface area contributed by atoms with Crippen LogP contribution in [0.25, 0.3) is 0 Å². The number of aliphatic hydroxyl groups is 1. The van der Waals surface area contributed by atoms with Crippen molar-refractivity contribution in [1.29, 1.82) is 0 Å². The molecule has 3 atom stereocenters. The Morgan fingerprint density at radius 2 is 1.85 bits per heavy atom. The Morgan fingerprint density at radius 1 is 1.21 bits per heavy atom. The van der Waals surface area contributed by atoms with Crippen molar-refractivity contribution in [3.8, 4) is 0 Å². The molecule has 1 aliphatic heterocycles. The molecule has 3 amide bonds. The molecule has 0 aliphatic carbocycles. The summed E-state index contributed by atoms with van der Waals surface area (Å²) in [5.41, 5.74) is 6.99. The van der Waals surface area contributed by atoms with Crippen molar-refractivity contribution >= 4 is 23.6 Å². The number of benzene rings is 1. The first-order valence-corrected chi connectivity index (χ1v) is 11.7. The summed E-state index contributed by atoms with van der Waals surface area (Å²) in [5, 5.41) is 16.0. The largest absolute Gasteiger partial charge is 0.453 e. The van der Waals surface area contributed by atoms with Crippen LogP contribution < -0.4 is 21.3 Å². The second-order valence-corrected chi connectivity index (χ2v) is 10.9. The Hall–Kier alpha value is -2.65. The van der Waals surface area contributed by atoms with Crippen molar-refractivity contribution in [2.24, 2.45) is 16.6 Å². The monoisotopic (exact) mass is 476 g/mol. The second-order valence-electron chi connectivity index (χ2n) is 10.9. The summed E-state index contributed by atoms with van der Waals surface area (Å²) in [6, 6.07) is 6.78. The molecule has 1 heterocycles. The van der Waals surface area contributed by atoms with Crippen LogP contribution in [-0.2, 0) is 20.7 Å². The smallest absolute Gasteiger partial charge is 0.407 e. The number of aliphatic hydroxyl groups excluding tert-OH is 1. The Morgan fingerprint density at radius 3 is 2.47 bits per heavy atom. The van der Waals surface area contributed by atoms with E-state index in [0.717, 1.165) is 11.3 Å². The molecule has 0 fully saturated rings. The number of nitrogens with two attached hydrogens (primary N) is 1. The van der Waals surface area contributed by atoms with E-state index >= 15 is 0 Å². The highest BCUT2D eigenvalue weighted by atomic mass is 16.5. The van der Waals surface area contributed by atoms with Crippen LogP contribution in [0.15, 0.2) is 24.3 Å². The molecular weight excluding hydrogens is 436 g/mol. The van der Waals surface area contributed by atoms with Gasteiger partial charge in [-0.3, -0.25) is 9.59 Å². The van der Waals surface area contributed by atoms with Gasteiger partial charge in [-0.2, -0.15) is 0 Å². The second kappa shape index (κ2) is 11.2. The summed E-state index contributed by atoms with van der Waals surface area (Å²) in [6.45, 7) is 9.67. The molecule has 1 aromatic rings. The minimum atomic E-state index is -0.926. The third kappa shape index (κ3) is 7.70. The molecule has 1 unspecified atom stereocenters. The number of ether oxygens (including phenoxy) is 1. The summed E-state index contributed by atoms with van der Waals surface area (Å²) in [7, 11) is 1.31. The summed E-state index contributed by atoms with van der Waals surface area (Å²) >= 11 is 0. The number of amides is 3. The van der Waals surface area contributed by atoms with E-state index in [1.54, 1.807) is 25.7 Å². The Labute approximate surface area is 202 Å².